The van der Waals surface area contributed by atoms with Crippen LogP contribution in [0.2, 0.25) is 0 Å². The first-order chi connectivity index (χ1) is 9.20. The van der Waals surface area contributed by atoms with Gasteiger partial charge in [-0.2, -0.15) is 0 Å². The van der Waals surface area contributed by atoms with Crippen molar-refractivity contribution in [3.05, 3.63) is 26.6 Å². The highest BCUT2D eigenvalue weighted by Crippen LogP contribution is 2.34. The first-order valence-corrected chi connectivity index (χ1v) is 8.52. The van der Waals surface area contributed by atoms with Gasteiger partial charge < -0.3 is 10.1 Å². The molecular weight excluding hydrogens is 370 g/mol. The van der Waals surface area contributed by atoms with Crippen LogP contribution in [-0.2, 0) is 6.54 Å². The van der Waals surface area contributed by atoms with Gasteiger partial charge in [-0.3, -0.25) is 0 Å². The van der Waals surface area contributed by atoms with E-state index in [0.29, 0.717) is 0 Å². The average molecular weight is 391 g/mol. The zero-order valence-corrected chi connectivity index (χ0v) is 14.5. The van der Waals surface area contributed by atoms with Crippen molar-refractivity contribution in [1.29, 1.82) is 0 Å². The molecule has 0 saturated heterocycles. The topological polar surface area (TPSA) is 21.3 Å². The van der Waals surface area contributed by atoms with Crippen molar-refractivity contribution in [3.8, 4) is 5.75 Å². The third-order valence-electron chi connectivity index (χ3n) is 3.80. The molecule has 106 valence electrons. The lowest BCUT2D eigenvalue weighted by molar-refractivity contribution is 0.409. The Bertz CT molecular complexity index is 394. The summed E-state index contributed by atoms with van der Waals surface area (Å²) < 4.78 is 7.30. The Morgan fingerprint density at radius 3 is 2.42 bits per heavy atom. The molecule has 0 spiro atoms. The Morgan fingerprint density at radius 2 is 1.84 bits per heavy atom. The summed E-state index contributed by atoms with van der Waals surface area (Å²) in [5.74, 6) is 1.82. The van der Waals surface area contributed by atoms with Gasteiger partial charge in [-0.05, 0) is 68.4 Å². The normalized spacial score (nSPS) is 15.9. The molecule has 4 heteroatoms. The molecule has 0 radical (unpaired) electrons. The molecule has 0 atom stereocenters. The molecule has 0 unspecified atom stereocenters. The summed E-state index contributed by atoms with van der Waals surface area (Å²) in [5.41, 5.74) is 1.27. The van der Waals surface area contributed by atoms with E-state index in [2.05, 4.69) is 49.3 Å². The molecule has 19 heavy (non-hydrogen) atoms. The van der Waals surface area contributed by atoms with Gasteiger partial charge in [0.2, 0.25) is 0 Å². The Labute approximate surface area is 132 Å². The Morgan fingerprint density at radius 1 is 1.21 bits per heavy atom. The first-order valence-electron chi connectivity index (χ1n) is 6.93. The molecule has 1 aromatic carbocycles. The van der Waals surface area contributed by atoms with Crippen molar-refractivity contribution in [2.24, 2.45) is 5.92 Å². The van der Waals surface area contributed by atoms with E-state index in [-0.39, 0.29) is 0 Å². The summed E-state index contributed by atoms with van der Waals surface area (Å²) in [7, 11) is 1.68. The molecule has 1 aliphatic rings. The van der Waals surface area contributed by atoms with E-state index >= 15 is 0 Å². The molecule has 1 aliphatic carbocycles. The molecule has 0 bridgehead atoms. The summed E-state index contributed by atoms with van der Waals surface area (Å²) in [6.45, 7) is 2.03. The SMILES string of the molecule is COc1c(Br)cc(CNCCC2CCCC2)cc1Br. The fraction of sp³-hybridized carbons (Fsp3) is 0.600. The zero-order chi connectivity index (χ0) is 13.7. The molecule has 2 rings (SSSR count). The fourth-order valence-electron chi connectivity index (χ4n) is 2.75. The third-order valence-corrected chi connectivity index (χ3v) is 4.97. The van der Waals surface area contributed by atoms with Crippen LogP contribution in [0.5, 0.6) is 5.75 Å². The van der Waals surface area contributed by atoms with Crippen molar-refractivity contribution in [2.45, 2.75) is 38.6 Å². The van der Waals surface area contributed by atoms with Gasteiger partial charge in [-0.15, -0.1) is 0 Å². The number of nitrogens with one attached hydrogen (secondary N) is 1. The second-order valence-electron chi connectivity index (χ2n) is 5.21. The van der Waals surface area contributed by atoms with Gasteiger partial charge in [0.05, 0.1) is 16.1 Å². The lowest BCUT2D eigenvalue weighted by Gasteiger charge is -2.12. The van der Waals surface area contributed by atoms with Crippen molar-refractivity contribution in [1.82, 2.24) is 5.32 Å². The summed E-state index contributed by atoms with van der Waals surface area (Å²) in [6, 6.07) is 4.23. The summed E-state index contributed by atoms with van der Waals surface area (Å²) in [5, 5.41) is 3.54. The van der Waals surface area contributed by atoms with Gasteiger partial charge in [0.15, 0.2) is 0 Å². The lowest BCUT2D eigenvalue weighted by Crippen LogP contribution is -2.17. The summed E-state index contributed by atoms with van der Waals surface area (Å²) in [6.07, 6.45) is 7.05. The minimum atomic E-state index is 0.856. The van der Waals surface area contributed by atoms with E-state index in [1.165, 1.54) is 37.7 Å². The maximum absolute atomic E-state index is 5.31. The molecule has 0 aromatic heterocycles. The third kappa shape index (κ3) is 4.47. The number of benzene rings is 1. The van der Waals surface area contributed by atoms with E-state index in [1.54, 1.807) is 7.11 Å². The summed E-state index contributed by atoms with van der Waals surface area (Å²) >= 11 is 7.08. The van der Waals surface area contributed by atoms with Crippen LogP contribution < -0.4 is 10.1 Å². The number of methoxy groups -OCH3 is 1. The first kappa shape index (κ1) is 15.3. The molecule has 1 N–H and O–H groups in total. The zero-order valence-electron chi connectivity index (χ0n) is 11.3. The van der Waals surface area contributed by atoms with Crippen LogP contribution >= 0.6 is 31.9 Å². The standard InChI is InChI=1S/C15H21Br2NO/c1-19-15-13(16)8-12(9-14(15)17)10-18-7-6-11-4-2-3-5-11/h8-9,11,18H,2-7,10H2,1H3. The number of ether oxygens (including phenoxy) is 1. The van der Waals surface area contributed by atoms with Crippen LogP contribution in [0.3, 0.4) is 0 Å². The predicted octanol–water partition coefficient (Wildman–Crippen LogP) is 4.89. The molecule has 1 aromatic rings. The van der Waals surface area contributed by atoms with Gasteiger partial charge in [-0.25, -0.2) is 0 Å². The van der Waals surface area contributed by atoms with E-state index in [4.69, 9.17) is 4.74 Å². The number of hydrogen-bond acceptors (Lipinski definition) is 2. The maximum atomic E-state index is 5.31. The van der Waals surface area contributed by atoms with E-state index < -0.39 is 0 Å². The van der Waals surface area contributed by atoms with Crippen LogP contribution in [0.4, 0.5) is 0 Å². The second-order valence-corrected chi connectivity index (χ2v) is 6.92. The molecule has 1 saturated carbocycles. The molecule has 1 fully saturated rings. The molecule has 0 aliphatic heterocycles. The minimum absolute atomic E-state index is 0.856. The molecule has 0 heterocycles. The fourth-order valence-corrected chi connectivity index (χ4v) is 4.35. The van der Waals surface area contributed by atoms with E-state index in [0.717, 1.165) is 33.7 Å². The van der Waals surface area contributed by atoms with Gasteiger partial charge in [-0.1, -0.05) is 25.7 Å². The van der Waals surface area contributed by atoms with Gasteiger partial charge in [0.1, 0.15) is 5.75 Å². The molecular formula is C15H21Br2NO. The van der Waals surface area contributed by atoms with Gasteiger partial charge >= 0.3 is 0 Å². The molecule has 0 amide bonds. The highest BCUT2D eigenvalue weighted by atomic mass is 79.9. The lowest BCUT2D eigenvalue weighted by atomic mass is 10.0. The average Bonchev–Trinajstić information content (AvgIpc) is 2.87. The number of halogens is 2. The van der Waals surface area contributed by atoms with Crippen molar-refractivity contribution in [3.63, 3.8) is 0 Å². The monoisotopic (exact) mass is 389 g/mol. The smallest absolute Gasteiger partial charge is 0.147 e. The molecule has 2 nitrogen and oxygen atoms in total. The number of rotatable bonds is 6. The van der Waals surface area contributed by atoms with Crippen LogP contribution in [0.15, 0.2) is 21.1 Å². The second kappa shape index (κ2) is 7.65. The predicted molar refractivity (Wildman–Crippen MR) is 86.7 cm³/mol. The van der Waals surface area contributed by atoms with Crippen LogP contribution in [0.25, 0.3) is 0 Å². The Kier molecular flexibility index (Phi) is 6.17. The van der Waals surface area contributed by atoms with Crippen LogP contribution in [0, 0.1) is 5.92 Å². The minimum Gasteiger partial charge on any atom is -0.494 e. The Hall–Kier alpha value is -0.0600. The Balaban J connectivity index is 1.79. The van der Waals surface area contributed by atoms with E-state index in [9.17, 15) is 0 Å². The van der Waals surface area contributed by atoms with Gasteiger partial charge in [0.25, 0.3) is 0 Å². The van der Waals surface area contributed by atoms with Crippen molar-refractivity contribution in [2.75, 3.05) is 13.7 Å². The highest BCUT2D eigenvalue weighted by Gasteiger charge is 2.14. The largest absolute Gasteiger partial charge is 0.494 e. The van der Waals surface area contributed by atoms with Crippen LogP contribution in [0.1, 0.15) is 37.7 Å². The van der Waals surface area contributed by atoms with Crippen LogP contribution in [-0.4, -0.2) is 13.7 Å². The van der Waals surface area contributed by atoms with Crippen molar-refractivity contribution >= 4 is 31.9 Å². The van der Waals surface area contributed by atoms with Gasteiger partial charge in [0, 0.05) is 6.54 Å². The quantitative estimate of drug-likeness (QED) is 0.698. The summed E-state index contributed by atoms with van der Waals surface area (Å²) in [4.78, 5) is 0. The number of hydrogen-bond donors (Lipinski definition) is 1. The van der Waals surface area contributed by atoms with E-state index in [1.807, 2.05) is 0 Å². The highest BCUT2D eigenvalue weighted by molar-refractivity contribution is 9.11. The maximum Gasteiger partial charge on any atom is 0.147 e. The van der Waals surface area contributed by atoms with Crippen molar-refractivity contribution < 1.29 is 4.74 Å².